The minimum atomic E-state index is -1.19. The van der Waals surface area contributed by atoms with Crippen LogP contribution in [0.2, 0.25) is 5.02 Å². The van der Waals surface area contributed by atoms with Crippen LogP contribution in [0.5, 0.6) is 0 Å². The molecule has 1 aliphatic rings. The first kappa shape index (κ1) is 17.9. The van der Waals surface area contributed by atoms with Crippen LogP contribution in [0.15, 0.2) is 48.5 Å². The number of urea groups is 1. The summed E-state index contributed by atoms with van der Waals surface area (Å²) < 4.78 is 0. The molecule has 0 spiro atoms. The van der Waals surface area contributed by atoms with Gasteiger partial charge in [-0.1, -0.05) is 48.0 Å². The van der Waals surface area contributed by atoms with Crippen LogP contribution in [0.3, 0.4) is 0 Å². The number of nitrogens with one attached hydrogen (secondary N) is 2. The molecule has 3 rings (SSSR count). The van der Waals surface area contributed by atoms with E-state index in [-0.39, 0.29) is 6.54 Å². The summed E-state index contributed by atoms with van der Waals surface area (Å²) in [4.78, 5) is 38.3. The van der Waals surface area contributed by atoms with Gasteiger partial charge in [-0.3, -0.25) is 14.5 Å². The Labute approximate surface area is 156 Å². The molecule has 6 nitrogen and oxygen atoms in total. The average molecular weight is 372 g/mol. The number of amides is 4. The molecule has 0 aromatic heterocycles. The van der Waals surface area contributed by atoms with Crippen LogP contribution < -0.4 is 10.6 Å². The van der Waals surface area contributed by atoms with E-state index in [1.54, 1.807) is 56.3 Å². The minimum Gasteiger partial charge on any atom is -0.324 e. The molecule has 134 valence electrons. The Bertz CT molecular complexity index is 885. The summed E-state index contributed by atoms with van der Waals surface area (Å²) in [5, 5.41) is 5.88. The van der Waals surface area contributed by atoms with Gasteiger partial charge in [0.2, 0.25) is 5.91 Å². The summed E-state index contributed by atoms with van der Waals surface area (Å²) in [5.41, 5.74) is 0.728. The number of hydrogen-bond acceptors (Lipinski definition) is 3. The van der Waals surface area contributed by atoms with Crippen molar-refractivity contribution in [2.45, 2.75) is 19.4 Å². The number of hydrogen-bond donors (Lipinski definition) is 2. The highest BCUT2D eigenvalue weighted by Crippen LogP contribution is 2.28. The summed E-state index contributed by atoms with van der Waals surface area (Å²) in [6.45, 7) is 3.03. The van der Waals surface area contributed by atoms with Gasteiger partial charge < -0.3 is 10.6 Å². The van der Waals surface area contributed by atoms with Gasteiger partial charge in [0.15, 0.2) is 0 Å². The van der Waals surface area contributed by atoms with Gasteiger partial charge in [0.05, 0.1) is 0 Å². The second kappa shape index (κ2) is 6.80. The minimum absolute atomic E-state index is 0.376. The van der Waals surface area contributed by atoms with Crippen molar-refractivity contribution in [2.75, 3.05) is 11.9 Å². The van der Waals surface area contributed by atoms with E-state index in [2.05, 4.69) is 10.6 Å². The first-order valence-corrected chi connectivity index (χ1v) is 8.45. The van der Waals surface area contributed by atoms with Crippen LogP contribution in [0.1, 0.15) is 18.1 Å². The van der Waals surface area contributed by atoms with Crippen LogP contribution in [0, 0.1) is 6.92 Å². The van der Waals surface area contributed by atoms with Gasteiger partial charge in [0, 0.05) is 10.7 Å². The third kappa shape index (κ3) is 3.15. The Kier molecular flexibility index (Phi) is 4.70. The van der Waals surface area contributed by atoms with Crippen LogP contribution in [-0.4, -0.2) is 29.3 Å². The lowest BCUT2D eigenvalue weighted by atomic mass is 9.92. The molecule has 1 atom stereocenters. The zero-order chi connectivity index (χ0) is 18.9. The fourth-order valence-electron chi connectivity index (χ4n) is 2.88. The molecule has 0 radical (unpaired) electrons. The van der Waals surface area contributed by atoms with Crippen molar-refractivity contribution in [1.82, 2.24) is 10.2 Å². The second-order valence-corrected chi connectivity index (χ2v) is 6.68. The summed E-state index contributed by atoms with van der Waals surface area (Å²) in [6, 6.07) is 13.5. The van der Waals surface area contributed by atoms with Crippen LogP contribution >= 0.6 is 11.6 Å². The topological polar surface area (TPSA) is 78.5 Å². The molecule has 7 heteroatoms. The fourth-order valence-corrected chi connectivity index (χ4v) is 3.06. The van der Waals surface area contributed by atoms with Gasteiger partial charge in [0.25, 0.3) is 5.91 Å². The lowest BCUT2D eigenvalue weighted by Gasteiger charge is -2.22. The summed E-state index contributed by atoms with van der Waals surface area (Å²) >= 11 is 6.04. The number of imide groups is 1. The average Bonchev–Trinajstić information content (AvgIpc) is 2.84. The standard InChI is InChI=1S/C19H18ClN3O3/c1-12-14(20)9-6-10-15(12)21-16(24)11-23-17(25)19(2,22-18(23)26)13-7-4-3-5-8-13/h3-10H,11H2,1-2H3,(H,21,24)(H,22,26)/t19-/m1/s1. The monoisotopic (exact) mass is 371 g/mol. The SMILES string of the molecule is Cc1c(Cl)cccc1NC(=O)CN1C(=O)N[C@](C)(c2ccccc2)C1=O. The smallest absolute Gasteiger partial charge is 0.324 e. The molecule has 1 heterocycles. The third-order valence-corrected chi connectivity index (χ3v) is 4.88. The van der Waals surface area contributed by atoms with Gasteiger partial charge in [0.1, 0.15) is 12.1 Å². The highest BCUT2D eigenvalue weighted by molar-refractivity contribution is 6.31. The van der Waals surface area contributed by atoms with E-state index >= 15 is 0 Å². The van der Waals surface area contributed by atoms with E-state index in [9.17, 15) is 14.4 Å². The Hall–Kier alpha value is -2.86. The van der Waals surface area contributed by atoms with Crippen molar-refractivity contribution in [2.24, 2.45) is 0 Å². The normalized spacial score (nSPS) is 19.4. The number of anilines is 1. The molecule has 0 bridgehead atoms. The van der Waals surface area contributed by atoms with E-state index in [0.29, 0.717) is 21.8 Å². The number of carbonyl (C=O) groups is 3. The zero-order valence-electron chi connectivity index (χ0n) is 14.4. The number of nitrogens with zero attached hydrogens (tertiary/aromatic N) is 1. The van der Waals surface area contributed by atoms with Crippen molar-refractivity contribution < 1.29 is 14.4 Å². The van der Waals surface area contributed by atoms with Gasteiger partial charge in [-0.05, 0) is 37.1 Å². The summed E-state index contributed by atoms with van der Waals surface area (Å²) in [6.07, 6.45) is 0. The van der Waals surface area contributed by atoms with E-state index in [4.69, 9.17) is 11.6 Å². The Morgan fingerprint density at radius 2 is 1.85 bits per heavy atom. The van der Waals surface area contributed by atoms with Gasteiger partial charge in [-0.25, -0.2) is 4.79 Å². The maximum atomic E-state index is 12.8. The Balaban J connectivity index is 1.76. The Morgan fingerprint density at radius 3 is 2.54 bits per heavy atom. The van der Waals surface area contributed by atoms with Crippen molar-refractivity contribution in [3.8, 4) is 0 Å². The molecular formula is C19H18ClN3O3. The zero-order valence-corrected chi connectivity index (χ0v) is 15.1. The maximum Gasteiger partial charge on any atom is 0.325 e. The molecule has 1 fully saturated rings. The number of halogens is 1. The molecule has 4 amide bonds. The van der Waals surface area contributed by atoms with Gasteiger partial charge in [-0.15, -0.1) is 0 Å². The van der Waals surface area contributed by atoms with E-state index in [1.807, 2.05) is 6.07 Å². The second-order valence-electron chi connectivity index (χ2n) is 6.27. The van der Waals surface area contributed by atoms with Gasteiger partial charge >= 0.3 is 6.03 Å². The molecule has 2 aromatic carbocycles. The molecule has 2 N–H and O–H groups in total. The number of benzene rings is 2. The predicted molar refractivity (Wildman–Crippen MR) is 98.9 cm³/mol. The molecule has 0 unspecified atom stereocenters. The molecule has 26 heavy (non-hydrogen) atoms. The third-order valence-electron chi connectivity index (χ3n) is 4.47. The lowest BCUT2D eigenvalue weighted by Crippen LogP contribution is -2.42. The molecule has 2 aromatic rings. The highest BCUT2D eigenvalue weighted by atomic mass is 35.5. The van der Waals surface area contributed by atoms with Gasteiger partial charge in [-0.2, -0.15) is 0 Å². The van der Waals surface area contributed by atoms with Crippen molar-refractivity contribution in [3.05, 3.63) is 64.7 Å². The van der Waals surface area contributed by atoms with Crippen LogP contribution in [-0.2, 0) is 15.1 Å². The number of carbonyl (C=O) groups excluding carboxylic acids is 3. The molecular weight excluding hydrogens is 354 g/mol. The van der Waals surface area contributed by atoms with Crippen molar-refractivity contribution >= 4 is 35.1 Å². The molecule has 1 saturated heterocycles. The van der Waals surface area contributed by atoms with E-state index < -0.39 is 23.4 Å². The van der Waals surface area contributed by atoms with Crippen molar-refractivity contribution in [3.63, 3.8) is 0 Å². The van der Waals surface area contributed by atoms with E-state index in [1.165, 1.54) is 0 Å². The first-order chi connectivity index (χ1) is 12.3. The fraction of sp³-hybridized carbons (Fsp3) is 0.211. The summed E-state index contributed by atoms with van der Waals surface area (Å²) in [5.74, 6) is -0.942. The van der Waals surface area contributed by atoms with E-state index in [0.717, 1.165) is 4.90 Å². The number of rotatable bonds is 4. The molecule has 0 saturated carbocycles. The molecule has 1 aliphatic heterocycles. The van der Waals surface area contributed by atoms with Crippen LogP contribution in [0.25, 0.3) is 0 Å². The maximum absolute atomic E-state index is 12.8. The van der Waals surface area contributed by atoms with Crippen molar-refractivity contribution in [1.29, 1.82) is 0 Å². The first-order valence-electron chi connectivity index (χ1n) is 8.07. The highest BCUT2D eigenvalue weighted by Gasteiger charge is 2.49. The Morgan fingerprint density at radius 1 is 1.15 bits per heavy atom. The summed E-state index contributed by atoms with van der Waals surface area (Å²) in [7, 11) is 0. The lowest BCUT2D eigenvalue weighted by molar-refractivity contribution is -0.133. The molecule has 0 aliphatic carbocycles. The van der Waals surface area contributed by atoms with Crippen LogP contribution in [0.4, 0.5) is 10.5 Å². The largest absolute Gasteiger partial charge is 0.325 e. The quantitative estimate of drug-likeness (QED) is 0.811. The predicted octanol–water partition coefficient (Wildman–Crippen LogP) is 3.05.